The van der Waals surface area contributed by atoms with E-state index in [0.717, 1.165) is 24.8 Å². The first-order valence-electron chi connectivity index (χ1n) is 17.9. The van der Waals surface area contributed by atoms with E-state index in [1.807, 2.05) is 30.3 Å². The predicted molar refractivity (Wildman–Crippen MR) is 195 cm³/mol. The number of aliphatic hydroxyl groups excluding tert-OH is 1. The Kier molecular flexibility index (Phi) is 12.5. The number of hydrogen-bond donors (Lipinski definition) is 3. The molecule has 3 aliphatic rings. The zero-order valence-electron chi connectivity index (χ0n) is 31.0. The van der Waals surface area contributed by atoms with Gasteiger partial charge in [0, 0.05) is 12.7 Å². The molecule has 3 aliphatic heterocycles. The zero-order valence-corrected chi connectivity index (χ0v) is 32.8. The van der Waals surface area contributed by atoms with E-state index in [9.17, 15) is 18.3 Å². The van der Waals surface area contributed by atoms with Crippen molar-refractivity contribution in [2.45, 2.75) is 120 Å². The van der Waals surface area contributed by atoms with Crippen molar-refractivity contribution in [1.29, 1.82) is 0 Å². The summed E-state index contributed by atoms with van der Waals surface area (Å²) in [6.45, 7) is 16.5. The number of amides is 1. The molecule has 0 aromatic heterocycles. The Morgan fingerprint density at radius 3 is 2.47 bits per heavy atom. The summed E-state index contributed by atoms with van der Waals surface area (Å²) < 4.78 is 65.0. The van der Waals surface area contributed by atoms with Crippen LogP contribution in [0.15, 0.2) is 53.4 Å². The van der Waals surface area contributed by atoms with E-state index in [2.05, 4.69) is 57.8 Å². The first-order chi connectivity index (χ1) is 23.9. The Hall–Kier alpha value is -2.72. The van der Waals surface area contributed by atoms with Gasteiger partial charge in [0.05, 0.1) is 42.2 Å². The Morgan fingerprint density at radius 2 is 1.75 bits per heavy atom. The largest absolute Gasteiger partial charge is 0.454 e. The molecule has 51 heavy (non-hydrogen) atoms. The summed E-state index contributed by atoms with van der Waals surface area (Å²) in [7, 11) is -6.10. The highest BCUT2D eigenvalue weighted by molar-refractivity contribution is 7.89. The highest BCUT2D eigenvalue weighted by Crippen LogP contribution is 2.38. The number of ether oxygens (including phenoxy) is 5. The SMILES string of the molecule is CC(C)(CCCO[Si](C)(C)C(C)(C)C)CC(NS(=O)(=O)c1ccc2c(c1)OCO2)[C@H](O)[C@H](Cc1ccccc1)NC(=O)O[C@H]1CO[C@H]2OCC[C@H]21. The van der Waals surface area contributed by atoms with Gasteiger partial charge in [-0.25, -0.2) is 17.9 Å². The molecule has 0 bridgehead atoms. The predicted octanol–water partition coefficient (Wildman–Crippen LogP) is 5.74. The number of aliphatic hydroxyl groups is 1. The normalized spacial score (nSPS) is 22.3. The molecule has 2 aromatic rings. The van der Waals surface area contributed by atoms with Gasteiger partial charge in [0.15, 0.2) is 26.1 Å². The molecular formula is C37H56N2O10SSi. The van der Waals surface area contributed by atoms with Crippen LogP contribution in [0.1, 0.15) is 65.9 Å². The third-order valence-electron chi connectivity index (χ3n) is 10.7. The second-order valence-electron chi connectivity index (χ2n) is 16.2. The number of hydrogen-bond acceptors (Lipinski definition) is 10. The maximum Gasteiger partial charge on any atom is 0.407 e. The minimum absolute atomic E-state index is 0.00523. The lowest BCUT2D eigenvalue weighted by Crippen LogP contribution is -2.56. The molecule has 2 aromatic carbocycles. The van der Waals surface area contributed by atoms with Crippen molar-refractivity contribution in [2.24, 2.45) is 11.3 Å². The molecule has 3 heterocycles. The topological polar surface area (TPSA) is 151 Å². The van der Waals surface area contributed by atoms with Gasteiger partial charge in [0.1, 0.15) is 6.10 Å². The molecular weight excluding hydrogens is 693 g/mol. The van der Waals surface area contributed by atoms with Crippen LogP contribution in [0.25, 0.3) is 0 Å². The molecule has 1 amide bonds. The lowest BCUT2D eigenvalue weighted by atomic mass is 9.79. The number of rotatable bonds is 16. The molecule has 12 nitrogen and oxygen atoms in total. The fraction of sp³-hybridized carbons (Fsp3) is 0.649. The lowest BCUT2D eigenvalue weighted by Gasteiger charge is -2.37. The third-order valence-corrected chi connectivity index (χ3v) is 16.7. The quantitative estimate of drug-likeness (QED) is 0.143. The van der Waals surface area contributed by atoms with Crippen molar-refractivity contribution in [2.75, 3.05) is 26.6 Å². The number of fused-ring (bicyclic) bond motifs is 2. The molecule has 0 radical (unpaired) electrons. The summed E-state index contributed by atoms with van der Waals surface area (Å²) in [6.07, 6.45) is -0.209. The van der Waals surface area contributed by atoms with Gasteiger partial charge in [-0.05, 0) is 73.3 Å². The maximum atomic E-state index is 14.0. The molecule has 1 unspecified atom stereocenters. The molecule has 0 spiro atoms. The molecule has 3 N–H and O–H groups in total. The van der Waals surface area contributed by atoms with Crippen LogP contribution in [0.2, 0.25) is 18.1 Å². The summed E-state index contributed by atoms with van der Waals surface area (Å²) in [5, 5.41) is 15.2. The van der Waals surface area contributed by atoms with Crippen LogP contribution in [-0.2, 0) is 35.1 Å². The van der Waals surface area contributed by atoms with E-state index in [0.29, 0.717) is 24.7 Å². The number of alkyl carbamates (subject to hydrolysis) is 1. The molecule has 0 saturated carbocycles. The van der Waals surface area contributed by atoms with Gasteiger partial charge in [-0.2, -0.15) is 0 Å². The second-order valence-corrected chi connectivity index (χ2v) is 22.7. The van der Waals surface area contributed by atoms with Crippen LogP contribution in [-0.4, -0.2) is 85.1 Å². The summed E-state index contributed by atoms with van der Waals surface area (Å²) in [6, 6.07) is 12.0. The fourth-order valence-electron chi connectivity index (χ4n) is 6.61. The van der Waals surface area contributed by atoms with Crippen LogP contribution in [0, 0.1) is 11.3 Å². The van der Waals surface area contributed by atoms with Crippen molar-refractivity contribution < 1.29 is 46.4 Å². The number of carbonyl (C=O) groups excluding carboxylic acids is 1. The van der Waals surface area contributed by atoms with Crippen LogP contribution < -0.4 is 19.5 Å². The highest BCUT2D eigenvalue weighted by atomic mass is 32.2. The summed E-state index contributed by atoms with van der Waals surface area (Å²) in [5.74, 6) is 0.727. The van der Waals surface area contributed by atoms with Crippen molar-refractivity contribution >= 4 is 24.4 Å². The van der Waals surface area contributed by atoms with Gasteiger partial charge in [-0.3, -0.25) is 0 Å². The van der Waals surface area contributed by atoms with E-state index < -0.39 is 60.4 Å². The first-order valence-corrected chi connectivity index (χ1v) is 22.3. The monoisotopic (exact) mass is 748 g/mol. The first kappa shape index (κ1) is 39.5. The number of carbonyl (C=O) groups is 1. The van der Waals surface area contributed by atoms with Crippen LogP contribution in [0.4, 0.5) is 4.79 Å². The molecule has 5 rings (SSSR count). The van der Waals surface area contributed by atoms with E-state index in [4.69, 9.17) is 28.1 Å². The smallest absolute Gasteiger partial charge is 0.407 e. The summed E-state index contributed by atoms with van der Waals surface area (Å²) in [4.78, 5) is 13.4. The minimum Gasteiger partial charge on any atom is -0.454 e. The molecule has 284 valence electrons. The van der Waals surface area contributed by atoms with Crippen molar-refractivity contribution in [1.82, 2.24) is 10.0 Å². The minimum atomic E-state index is -4.16. The number of benzene rings is 2. The maximum absolute atomic E-state index is 14.0. The lowest BCUT2D eigenvalue weighted by molar-refractivity contribution is -0.0907. The van der Waals surface area contributed by atoms with Crippen molar-refractivity contribution in [3.8, 4) is 11.5 Å². The molecule has 6 atom stereocenters. The van der Waals surface area contributed by atoms with Gasteiger partial charge in [0.2, 0.25) is 16.8 Å². The second kappa shape index (κ2) is 16.1. The van der Waals surface area contributed by atoms with E-state index in [1.165, 1.54) is 12.1 Å². The molecule has 2 saturated heterocycles. The van der Waals surface area contributed by atoms with Crippen LogP contribution in [0.5, 0.6) is 11.5 Å². The van der Waals surface area contributed by atoms with Gasteiger partial charge >= 0.3 is 6.09 Å². The zero-order chi connectivity index (χ0) is 37.0. The highest BCUT2D eigenvalue weighted by Gasteiger charge is 2.45. The summed E-state index contributed by atoms with van der Waals surface area (Å²) >= 11 is 0. The molecule has 0 aliphatic carbocycles. The molecule has 2 fully saturated rings. The number of nitrogens with one attached hydrogen (secondary N) is 2. The number of sulfonamides is 1. The average Bonchev–Trinajstić information content (AvgIpc) is 3.81. The van der Waals surface area contributed by atoms with Crippen LogP contribution >= 0.6 is 0 Å². The van der Waals surface area contributed by atoms with Crippen molar-refractivity contribution in [3.63, 3.8) is 0 Å². The Balaban J connectivity index is 1.37. The average molecular weight is 749 g/mol. The Morgan fingerprint density at radius 1 is 1.02 bits per heavy atom. The van der Waals surface area contributed by atoms with E-state index in [1.54, 1.807) is 6.07 Å². The van der Waals surface area contributed by atoms with E-state index in [-0.39, 0.29) is 42.1 Å². The Labute approximate surface area is 304 Å². The fourth-order valence-corrected chi connectivity index (χ4v) is 8.97. The van der Waals surface area contributed by atoms with Gasteiger partial charge in [-0.15, -0.1) is 0 Å². The van der Waals surface area contributed by atoms with Crippen molar-refractivity contribution in [3.05, 3.63) is 54.1 Å². The standard InChI is InChI=1S/C37H56N2O10SSi/c1-36(2,3)51(6,7)48-18-11-17-37(4,5)22-29(39-50(42,43)26-14-15-30-31(21-26)47-24-46-30)33(40)28(20-25-12-9-8-10-13-25)38-35(41)49-32-23-45-34-27(32)16-19-44-34/h8-10,12-15,21,27-29,32-34,39-40H,11,16-20,22-24H2,1-7H3,(H,38,41)/t27-,28-,29?,32-,33+,34+/m0/s1. The molecule has 14 heteroatoms. The third kappa shape index (κ3) is 10.2. The summed E-state index contributed by atoms with van der Waals surface area (Å²) in [5.41, 5.74) is 0.436. The van der Waals surface area contributed by atoms with E-state index >= 15 is 0 Å². The van der Waals surface area contributed by atoms with Gasteiger partial charge < -0.3 is 38.5 Å². The van der Waals surface area contributed by atoms with Gasteiger partial charge in [-0.1, -0.05) is 65.0 Å². The van der Waals surface area contributed by atoms with Crippen LogP contribution in [0.3, 0.4) is 0 Å². The van der Waals surface area contributed by atoms with Gasteiger partial charge in [0.25, 0.3) is 0 Å². The Bertz CT molecular complexity index is 1580.